The smallest absolute Gasteiger partial charge is 0.255 e. The van der Waals surface area contributed by atoms with E-state index in [0.29, 0.717) is 34.9 Å². The van der Waals surface area contributed by atoms with E-state index in [1.165, 1.54) is 57.7 Å². The summed E-state index contributed by atoms with van der Waals surface area (Å²) in [5, 5.41) is 2.72. The zero-order chi connectivity index (χ0) is 21.6. The number of methoxy groups -OCH3 is 3. The minimum Gasteiger partial charge on any atom is -0.493 e. The van der Waals surface area contributed by atoms with Crippen molar-refractivity contribution in [3.63, 3.8) is 0 Å². The Morgan fingerprint density at radius 3 is 2.00 bits per heavy atom. The van der Waals surface area contributed by atoms with Crippen molar-refractivity contribution >= 4 is 21.6 Å². The number of anilines is 1. The molecule has 2 aromatic carbocycles. The van der Waals surface area contributed by atoms with E-state index in [1.54, 1.807) is 6.92 Å². The van der Waals surface area contributed by atoms with Gasteiger partial charge in [0.05, 0.1) is 26.2 Å². The highest BCUT2D eigenvalue weighted by molar-refractivity contribution is 7.89. The third-order valence-electron chi connectivity index (χ3n) is 4.32. The van der Waals surface area contributed by atoms with Gasteiger partial charge < -0.3 is 19.5 Å². The molecule has 9 heteroatoms. The van der Waals surface area contributed by atoms with Gasteiger partial charge in [0, 0.05) is 17.3 Å². The molecule has 2 aromatic rings. The highest BCUT2D eigenvalue weighted by Crippen LogP contribution is 2.38. The first-order valence-corrected chi connectivity index (χ1v) is 10.5. The van der Waals surface area contributed by atoms with Crippen LogP contribution < -0.4 is 24.2 Å². The molecule has 0 heterocycles. The van der Waals surface area contributed by atoms with E-state index >= 15 is 0 Å². The van der Waals surface area contributed by atoms with Crippen LogP contribution >= 0.6 is 0 Å². The lowest BCUT2D eigenvalue weighted by atomic mass is 10.1. The van der Waals surface area contributed by atoms with E-state index in [-0.39, 0.29) is 10.9 Å². The summed E-state index contributed by atoms with van der Waals surface area (Å²) in [6.07, 6.45) is 0.683. The van der Waals surface area contributed by atoms with E-state index in [9.17, 15) is 13.2 Å². The summed E-state index contributed by atoms with van der Waals surface area (Å²) in [4.78, 5) is 12.8. The zero-order valence-corrected chi connectivity index (χ0v) is 17.9. The quantitative estimate of drug-likeness (QED) is 0.644. The molecule has 0 aromatic heterocycles. The number of rotatable bonds is 9. The summed E-state index contributed by atoms with van der Waals surface area (Å²) in [7, 11) is 0.801. The fraction of sp³-hybridized carbons (Fsp3) is 0.350. The van der Waals surface area contributed by atoms with Crippen molar-refractivity contribution in [3.05, 3.63) is 42.0 Å². The van der Waals surface area contributed by atoms with Gasteiger partial charge >= 0.3 is 0 Å². The maximum absolute atomic E-state index is 12.6. The van der Waals surface area contributed by atoms with Crippen LogP contribution in [0.5, 0.6) is 17.2 Å². The van der Waals surface area contributed by atoms with Crippen LogP contribution in [0.3, 0.4) is 0 Å². The molecule has 29 heavy (non-hydrogen) atoms. The SMILES string of the molecule is CCC(C)NS(=O)(=O)c1ccc(NC(=O)c2cc(OC)c(OC)c(OC)c2)cc1. The predicted octanol–water partition coefficient (Wildman–Crippen LogP) is 3.04. The van der Waals surface area contributed by atoms with Crippen molar-refractivity contribution in [3.8, 4) is 17.2 Å². The van der Waals surface area contributed by atoms with Gasteiger partial charge in [-0.2, -0.15) is 0 Å². The molecule has 8 nitrogen and oxygen atoms in total. The van der Waals surface area contributed by atoms with Crippen LogP contribution in [0.1, 0.15) is 30.6 Å². The molecule has 0 saturated heterocycles. The molecule has 0 bridgehead atoms. The Kier molecular flexibility index (Phi) is 7.46. The molecule has 1 atom stereocenters. The molecule has 0 spiro atoms. The average molecular weight is 423 g/mol. The maximum Gasteiger partial charge on any atom is 0.255 e. The highest BCUT2D eigenvalue weighted by atomic mass is 32.2. The second-order valence-corrected chi connectivity index (χ2v) is 8.04. The largest absolute Gasteiger partial charge is 0.493 e. The molecule has 158 valence electrons. The van der Waals surface area contributed by atoms with Crippen molar-refractivity contribution in [2.75, 3.05) is 26.6 Å². The number of sulfonamides is 1. The van der Waals surface area contributed by atoms with Crippen LogP contribution in [-0.2, 0) is 10.0 Å². The molecule has 1 unspecified atom stereocenters. The molecule has 0 aliphatic carbocycles. The fourth-order valence-corrected chi connectivity index (χ4v) is 3.88. The van der Waals surface area contributed by atoms with Crippen molar-refractivity contribution in [1.82, 2.24) is 4.72 Å². The molecule has 0 saturated carbocycles. The highest BCUT2D eigenvalue weighted by Gasteiger charge is 2.18. The predicted molar refractivity (Wildman–Crippen MR) is 111 cm³/mol. The van der Waals surface area contributed by atoms with E-state index in [1.807, 2.05) is 6.92 Å². The topological polar surface area (TPSA) is 103 Å². The molecule has 2 rings (SSSR count). The van der Waals surface area contributed by atoms with E-state index in [2.05, 4.69) is 10.0 Å². The molecule has 0 radical (unpaired) electrons. The van der Waals surface area contributed by atoms with Crippen LogP contribution in [0.15, 0.2) is 41.3 Å². The molecule has 0 aliphatic heterocycles. The molecule has 2 N–H and O–H groups in total. The second kappa shape index (κ2) is 9.62. The van der Waals surface area contributed by atoms with Crippen molar-refractivity contribution in [2.45, 2.75) is 31.2 Å². The Labute approximate surface area is 171 Å². The van der Waals surface area contributed by atoms with Crippen molar-refractivity contribution < 1.29 is 27.4 Å². The number of hydrogen-bond acceptors (Lipinski definition) is 6. The molecular formula is C20H26N2O6S. The Balaban J connectivity index is 2.21. The fourth-order valence-electron chi connectivity index (χ4n) is 2.55. The number of ether oxygens (including phenoxy) is 3. The van der Waals surface area contributed by atoms with Gasteiger partial charge in [0.15, 0.2) is 11.5 Å². The summed E-state index contributed by atoms with van der Waals surface area (Å²) < 4.78 is 43.0. The number of nitrogens with one attached hydrogen (secondary N) is 2. The van der Waals surface area contributed by atoms with Crippen molar-refractivity contribution in [1.29, 1.82) is 0 Å². The van der Waals surface area contributed by atoms with Crippen LogP contribution in [0.2, 0.25) is 0 Å². The lowest BCUT2D eigenvalue weighted by Gasteiger charge is -2.14. The van der Waals surface area contributed by atoms with Gasteiger partial charge in [0.1, 0.15) is 0 Å². The summed E-state index contributed by atoms with van der Waals surface area (Å²) in [6.45, 7) is 3.69. The first kappa shape index (κ1) is 22.5. The summed E-state index contributed by atoms with van der Waals surface area (Å²) in [5.41, 5.74) is 0.751. The second-order valence-electron chi connectivity index (χ2n) is 6.32. The van der Waals surface area contributed by atoms with E-state index in [4.69, 9.17) is 14.2 Å². The van der Waals surface area contributed by atoms with Crippen LogP contribution in [0.25, 0.3) is 0 Å². The van der Waals surface area contributed by atoms with Crippen LogP contribution in [0.4, 0.5) is 5.69 Å². The van der Waals surface area contributed by atoms with Crippen LogP contribution in [0, 0.1) is 0 Å². The minimum absolute atomic E-state index is 0.128. The Morgan fingerprint density at radius 2 is 1.55 bits per heavy atom. The lowest BCUT2D eigenvalue weighted by Crippen LogP contribution is -2.31. The number of carbonyl (C=O) groups excluding carboxylic acids is 1. The minimum atomic E-state index is -3.60. The molecular weight excluding hydrogens is 396 g/mol. The normalized spacial score (nSPS) is 12.2. The maximum atomic E-state index is 12.6. The Bertz CT molecular complexity index is 932. The number of amides is 1. The monoisotopic (exact) mass is 422 g/mol. The average Bonchev–Trinajstić information content (AvgIpc) is 2.72. The third kappa shape index (κ3) is 5.39. The summed E-state index contributed by atoms with van der Waals surface area (Å²) in [6, 6.07) is 8.84. The van der Waals surface area contributed by atoms with Gasteiger partial charge in [-0.15, -0.1) is 0 Å². The molecule has 1 amide bonds. The van der Waals surface area contributed by atoms with Gasteiger partial charge in [0.25, 0.3) is 5.91 Å². The molecule has 0 aliphatic rings. The standard InChI is InChI=1S/C20H26N2O6S/c1-6-13(2)22-29(24,25)16-9-7-15(8-10-16)21-20(23)14-11-17(26-3)19(28-5)18(12-14)27-4/h7-13,22H,6H2,1-5H3,(H,21,23). The van der Waals surface area contributed by atoms with Gasteiger partial charge in [-0.25, -0.2) is 13.1 Å². The summed E-state index contributed by atoms with van der Waals surface area (Å²) >= 11 is 0. The van der Waals surface area contributed by atoms with Gasteiger partial charge in [-0.3, -0.25) is 4.79 Å². The van der Waals surface area contributed by atoms with E-state index < -0.39 is 15.9 Å². The number of benzene rings is 2. The zero-order valence-electron chi connectivity index (χ0n) is 17.1. The van der Waals surface area contributed by atoms with Gasteiger partial charge in [-0.1, -0.05) is 6.92 Å². The van der Waals surface area contributed by atoms with E-state index in [0.717, 1.165) is 0 Å². The van der Waals surface area contributed by atoms with Crippen molar-refractivity contribution in [2.24, 2.45) is 0 Å². The Hall–Kier alpha value is -2.78. The Morgan fingerprint density at radius 1 is 1.00 bits per heavy atom. The summed E-state index contributed by atoms with van der Waals surface area (Å²) in [5.74, 6) is 0.691. The lowest BCUT2D eigenvalue weighted by molar-refractivity contribution is 0.102. The van der Waals surface area contributed by atoms with Crippen LogP contribution in [-0.4, -0.2) is 41.7 Å². The first-order chi connectivity index (χ1) is 13.7. The number of carbonyl (C=O) groups is 1. The third-order valence-corrected chi connectivity index (χ3v) is 5.92. The van der Waals surface area contributed by atoms with Gasteiger partial charge in [0.2, 0.25) is 15.8 Å². The van der Waals surface area contributed by atoms with Gasteiger partial charge in [-0.05, 0) is 49.7 Å². The number of hydrogen-bond donors (Lipinski definition) is 2. The molecule has 0 fully saturated rings. The first-order valence-electron chi connectivity index (χ1n) is 8.99.